The molecule has 1 aliphatic heterocycles. The average molecular weight is 369 g/mol. The lowest BCUT2D eigenvalue weighted by atomic mass is 10.2. The predicted molar refractivity (Wildman–Crippen MR) is 86.5 cm³/mol. The molecule has 0 saturated carbocycles. The molecule has 6 nitrogen and oxygen atoms in total. The molecule has 0 radical (unpaired) electrons. The van der Waals surface area contributed by atoms with Gasteiger partial charge in [0, 0.05) is 26.2 Å². The van der Waals surface area contributed by atoms with Crippen molar-refractivity contribution >= 4 is 40.0 Å². The molecule has 1 aromatic rings. The van der Waals surface area contributed by atoms with Crippen LogP contribution in [0.15, 0.2) is 23.1 Å². The molecule has 0 spiro atoms. The fourth-order valence-electron chi connectivity index (χ4n) is 2.26. The first-order valence-corrected chi connectivity index (χ1v) is 8.43. The van der Waals surface area contributed by atoms with E-state index in [0.717, 1.165) is 12.6 Å². The quantitative estimate of drug-likeness (QED) is 0.876. The van der Waals surface area contributed by atoms with Crippen LogP contribution in [0.1, 0.15) is 17.3 Å². The number of halogens is 2. The maximum Gasteiger partial charge on any atom is 0.335 e. The normalized spacial score (nSPS) is 17.0. The van der Waals surface area contributed by atoms with Gasteiger partial charge < -0.3 is 10.0 Å². The average Bonchev–Trinajstić information content (AvgIpc) is 2.47. The number of carboxylic acid groups (broad SMARTS) is 1. The molecular weight excluding hydrogens is 351 g/mol. The Morgan fingerprint density at radius 3 is 2.36 bits per heavy atom. The Kier molecular flexibility index (Phi) is 6.64. The molecule has 0 aliphatic carbocycles. The Bertz CT molecular complexity index is 643. The molecule has 0 atom stereocenters. The van der Waals surface area contributed by atoms with Gasteiger partial charge in [-0.25, -0.2) is 13.2 Å². The molecule has 0 unspecified atom stereocenters. The van der Waals surface area contributed by atoms with Crippen molar-refractivity contribution in [3.05, 3.63) is 28.8 Å². The van der Waals surface area contributed by atoms with E-state index in [9.17, 15) is 13.2 Å². The number of piperazine rings is 1. The molecular formula is C13H18Cl2N2O4S. The molecule has 1 heterocycles. The summed E-state index contributed by atoms with van der Waals surface area (Å²) in [6.07, 6.45) is 0. The van der Waals surface area contributed by atoms with Crippen LogP contribution in [0.3, 0.4) is 0 Å². The number of sulfonamides is 1. The van der Waals surface area contributed by atoms with Gasteiger partial charge in [-0.1, -0.05) is 18.5 Å². The molecule has 0 bridgehead atoms. The number of carbonyl (C=O) groups is 1. The minimum atomic E-state index is -3.77. The zero-order valence-corrected chi connectivity index (χ0v) is 14.4. The fourth-order valence-corrected chi connectivity index (χ4v) is 4.18. The monoisotopic (exact) mass is 368 g/mol. The SMILES string of the molecule is CCN1CCN(S(=O)(=O)c2cc(C(=O)O)ccc2Cl)CC1.Cl. The standard InChI is InChI=1S/C13H17ClN2O4S.ClH/c1-2-15-5-7-16(8-6-15)21(19,20)12-9-10(13(17)18)3-4-11(12)14;/h3-4,9H,2,5-8H2,1H3,(H,17,18);1H. The summed E-state index contributed by atoms with van der Waals surface area (Å²) in [5.74, 6) is -1.18. The number of likely N-dealkylation sites (N-methyl/N-ethyl adjacent to an activating group) is 1. The maximum atomic E-state index is 12.6. The lowest BCUT2D eigenvalue weighted by Gasteiger charge is -2.33. The van der Waals surface area contributed by atoms with Gasteiger partial charge in [0.25, 0.3) is 0 Å². The molecule has 9 heteroatoms. The largest absolute Gasteiger partial charge is 0.478 e. The van der Waals surface area contributed by atoms with Crippen LogP contribution in [0, 0.1) is 0 Å². The van der Waals surface area contributed by atoms with Crippen LogP contribution in [0.4, 0.5) is 0 Å². The molecule has 1 saturated heterocycles. The summed E-state index contributed by atoms with van der Waals surface area (Å²) >= 11 is 5.95. The van der Waals surface area contributed by atoms with Crippen LogP contribution < -0.4 is 0 Å². The van der Waals surface area contributed by atoms with E-state index in [2.05, 4.69) is 4.90 Å². The second-order valence-corrected chi connectivity index (χ2v) is 7.10. The van der Waals surface area contributed by atoms with Crippen LogP contribution in [-0.2, 0) is 10.0 Å². The topological polar surface area (TPSA) is 77.9 Å². The summed E-state index contributed by atoms with van der Waals surface area (Å²) in [5, 5.41) is 9.02. The zero-order chi connectivity index (χ0) is 15.6. The molecule has 2 rings (SSSR count). The van der Waals surface area contributed by atoms with Gasteiger partial charge in [0.1, 0.15) is 4.90 Å². The minimum absolute atomic E-state index is 0. The first-order chi connectivity index (χ1) is 9.86. The van der Waals surface area contributed by atoms with Crippen molar-refractivity contribution in [2.45, 2.75) is 11.8 Å². The highest BCUT2D eigenvalue weighted by atomic mass is 35.5. The lowest BCUT2D eigenvalue weighted by Crippen LogP contribution is -2.48. The number of carboxylic acids is 1. The van der Waals surface area contributed by atoms with E-state index in [4.69, 9.17) is 16.7 Å². The summed E-state index contributed by atoms with van der Waals surface area (Å²) in [6.45, 7) is 4.98. The van der Waals surface area contributed by atoms with Gasteiger partial charge in [-0.05, 0) is 24.7 Å². The summed E-state index contributed by atoms with van der Waals surface area (Å²) in [7, 11) is -3.77. The summed E-state index contributed by atoms with van der Waals surface area (Å²) in [4.78, 5) is 13.0. The van der Waals surface area contributed by atoms with Crippen LogP contribution in [0.5, 0.6) is 0 Å². The highest BCUT2D eigenvalue weighted by Gasteiger charge is 2.30. The first kappa shape index (κ1) is 19.2. The fraction of sp³-hybridized carbons (Fsp3) is 0.462. The summed E-state index contributed by atoms with van der Waals surface area (Å²) < 4.78 is 26.6. The molecule has 124 valence electrons. The smallest absolute Gasteiger partial charge is 0.335 e. The van der Waals surface area contributed by atoms with E-state index < -0.39 is 16.0 Å². The highest BCUT2D eigenvalue weighted by molar-refractivity contribution is 7.89. The highest BCUT2D eigenvalue weighted by Crippen LogP contribution is 2.26. The van der Waals surface area contributed by atoms with E-state index in [0.29, 0.717) is 26.2 Å². The second-order valence-electron chi connectivity index (χ2n) is 4.79. The number of rotatable bonds is 4. The van der Waals surface area contributed by atoms with Crippen molar-refractivity contribution in [3.8, 4) is 0 Å². The third-order valence-electron chi connectivity index (χ3n) is 3.57. The van der Waals surface area contributed by atoms with Gasteiger partial charge in [0.05, 0.1) is 10.6 Å². The number of aromatic carboxylic acids is 1. The van der Waals surface area contributed by atoms with E-state index in [1.54, 1.807) is 0 Å². The Labute approximate surface area is 141 Å². The van der Waals surface area contributed by atoms with Gasteiger partial charge in [-0.15, -0.1) is 12.4 Å². The summed E-state index contributed by atoms with van der Waals surface area (Å²) in [5.41, 5.74) is -0.0924. The van der Waals surface area contributed by atoms with Gasteiger partial charge in [-0.3, -0.25) is 0 Å². The minimum Gasteiger partial charge on any atom is -0.478 e. The molecule has 1 N–H and O–H groups in total. The number of nitrogens with zero attached hydrogens (tertiary/aromatic N) is 2. The van der Waals surface area contributed by atoms with Gasteiger partial charge in [0.15, 0.2) is 0 Å². The van der Waals surface area contributed by atoms with Crippen molar-refractivity contribution in [1.29, 1.82) is 0 Å². The van der Waals surface area contributed by atoms with Crippen molar-refractivity contribution in [2.75, 3.05) is 32.7 Å². The van der Waals surface area contributed by atoms with Gasteiger partial charge >= 0.3 is 5.97 Å². The van der Waals surface area contributed by atoms with Crippen molar-refractivity contribution in [1.82, 2.24) is 9.21 Å². The number of hydrogen-bond acceptors (Lipinski definition) is 4. The zero-order valence-electron chi connectivity index (χ0n) is 12.0. The van der Waals surface area contributed by atoms with E-state index in [1.807, 2.05) is 6.92 Å². The Balaban J connectivity index is 0.00000242. The van der Waals surface area contributed by atoms with E-state index >= 15 is 0 Å². The van der Waals surface area contributed by atoms with Crippen molar-refractivity contribution < 1.29 is 18.3 Å². The van der Waals surface area contributed by atoms with E-state index in [1.165, 1.54) is 16.4 Å². The number of hydrogen-bond donors (Lipinski definition) is 1. The van der Waals surface area contributed by atoms with Crippen LogP contribution in [-0.4, -0.2) is 61.4 Å². The van der Waals surface area contributed by atoms with Crippen LogP contribution in [0.25, 0.3) is 0 Å². The Morgan fingerprint density at radius 2 is 1.86 bits per heavy atom. The van der Waals surface area contributed by atoms with Crippen molar-refractivity contribution in [2.24, 2.45) is 0 Å². The molecule has 1 aromatic carbocycles. The molecule has 22 heavy (non-hydrogen) atoms. The van der Waals surface area contributed by atoms with E-state index in [-0.39, 0.29) is 27.9 Å². The Hall–Kier alpha value is -0.860. The molecule has 1 aliphatic rings. The lowest BCUT2D eigenvalue weighted by molar-refractivity contribution is 0.0696. The summed E-state index contributed by atoms with van der Waals surface area (Å²) in [6, 6.07) is 3.71. The second kappa shape index (κ2) is 7.61. The number of benzene rings is 1. The maximum absolute atomic E-state index is 12.6. The van der Waals surface area contributed by atoms with Gasteiger partial charge in [0.2, 0.25) is 10.0 Å². The molecule has 0 amide bonds. The molecule has 0 aromatic heterocycles. The first-order valence-electron chi connectivity index (χ1n) is 6.61. The van der Waals surface area contributed by atoms with Crippen LogP contribution in [0.2, 0.25) is 5.02 Å². The third-order valence-corrected chi connectivity index (χ3v) is 5.95. The predicted octanol–water partition coefficient (Wildman–Crippen LogP) is 1.79. The van der Waals surface area contributed by atoms with Crippen LogP contribution >= 0.6 is 24.0 Å². The molecule has 1 fully saturated rings. The Morgan fingerprint density at radius 1 is 1.27 bits per heavy atom. The third kappa shape index (κ3) is 3.91. The van der Waals surface area contributed by atoms with Crippen molar-refractivity contribution in [3.63, 3.8) is 0 Å². The van der Waals surface area contributed by atoms with Gasteiger partial charge in [-0.2, -0.15) is 4.31 Å².